The van der Waals surface area contributed by atoms with Crippen molar-refractivity contribution in [2.75, 3.05) is 0 Å². The van der Waals surface area contributed by atoms with Gasteiger partial charge in [0.1, 0.15) is 0 Å². The number of rotatable bonds is 2. The van der Waals surface area contributed by atoms with Crippen LogP contribution < -0.4 is 5.73 Å². The van der Waals surface area contributed by atoms with Gasteiger partial charge in [0.05, 0.1) is 11.9 Å². The van der Waals surface area contributed by atoms with E-state index in [-0.39, 0.29) is 0 Å². The van der Waals surface area contributed by atoms with Gasteiger partial charge in [-0.15, -0.1) is 0 Å². The van der Waals surface area contributed by atoms with E-state index in [0.717, 1.165) is 11.8 Å². The predicted molar refractivity (Wildman–Crippen MR) is 60.4 cm³/mol. The van der Waals surface area contributed by atoms with Crippen LogP contribution in [0.1, 0.15) is 51.9 Å². The largest absolute Gasteiger partial charge is 0.387 e. The van der Waals surface area contributed by atoms with Gasteiger partial charge >= 0.3 is 0 Å². The lowest BCUT2D eigenvalue weighted by Gasteiger charge is -2.14. The van der Waals surface area contributed by atoms with Crippen molar-refractivity contribution in [1.29, 1.82) is 0 Å². The minimum absolute atomic E-state index is 0.538. The molecule has 0 aromatic heterocycles. The molecule has 0 aliphatic heterocycles. The van der Waals surface area contributed by atoms with Gasteiger partial charge in [0.25, 0.3) is 0 Å². The van der Waals surface area contributed by atoms with Crippen LogP contribution in [0.25, 0.3) is 0 Å². The lowest BCUT2D eigenvalue weighted by Crippen LogP contribution is -2.24. The summed E-state index contributed by atoms with van der Waals surface area (Å²) in [5.41, 5.74) is 6.07. The number of hydrogen-bond acceptors (Lipinski definition) is 1. The van der Waals surface area contributed by atoms with Crippen LogP contribution in [0.4, 0.5) is 0 Å². The van der Waals surface area contributed by atoms with Crippen molar-refractivity contribution in [3.8, 4) is 0 Å². The molecule has 0 spiro atoms. The highest BCUT2D eigenvalue weighted by Gasteiger charge is 2.25. The highest BCUT2D eigenvalue weighted by atomic mass is 14.9. The summed E-state index contributed by atoms with van der Waals surface area (Å²) in [6, 6.07) is 0.538. The van der Waals surface area contributed by atoms with Crippen molar-refractivity contribution >= 4 is 5.84 Å². The van der Waals surface area contributed by atoms with E-state index in [2.05, 4.69) is 6.92 Å². The van der Waals surface area contributed by atoms with Gasteiger partial charge in [0.2, 0.25) is 0 Å². The smallest absolute Gasteiger partial charge is 0.0971 e. The molecule has 2 atom stereocenters. The second kappa shape index (κ2) is 4.33. The molecule has 0 bridgehead atoms. The maximum absolute atomic E-state index is 6.07. The van der Waals surface area contributed by atoms with E-state index in [1.54, 1.807) is 0 Å². The zero-order chi connectivity index (χ0) is 9.97. The van der Waals surface area contributed by atoms with Gasteiger partial charge < -0.3 is 5.73 Å². The summed E-state index contributed by atoms with van der Waals surface area (Å²) in [5, 5.41) is 0. The van der Waals surface area contributed by atoms with E-state index in [9.17, 15) is 0 Å². The molecule has 2 unspecified atom stereocenters. The third-order valence-electron chi connectivity index (χ3n) is 3.90. The lowest BCUT2D eigenvalue weighted by molar-refractivity contribution is 0.524. The van der Waals surface area contributed by atoms with E-state index in [1.165, 1.54) is 44.9 Å². The molecule has 2 nitrogen and oxygen atoms in total. The first-order chi connectivity index (χ1) is 6.77. The minimum Gasteiger partial charge on any atom is -0.387 e. The number of amidine groups is 1. The van der Waals surface area contributed by atoms with Crippen molar-refractivity contribution in [3.05, 3.63) is 0 Å². The Bertz CT molecular complexity index is 216. The maximum Gasteiger partial charge on any atom is 0.0971 e. The van der Waals surface area contributed by atoms with Crippen LogP contribution in [0.5, 0.6) is 0 Å². The molecule has 2 heteroatoms. The number of aliphatic imine (C=N–C) groups is 1. The summed E-state index contributed by atoms with van der Waals surface area (Å²) in [6.45, 7) is 2.31. The Morgan fingerprint density at radius 1 is 1.07 bits per heavy atom. The van der Waals surface area contributed by atoms with Gasteiger partial charge in [-0.2, -0.15) is 0 Å². The molecule has 0 saturated heterocycles. The first-order valence-electron chi connectivity index (χ1n) is 6.10. The first-order valence-corrected chi connectivity index (χ1v) is 6.10. The van der Waals surface area contributed by atoms with Gasteiger partial charge in [0, 0.05) is 5.92 Å². The van der Waals surface area contributed by atoms with Crippen molar-refractivity contribution < 1.29 is 0 Å². The minimum atomic E-state index is 0.538. The Labute approximate surface area is 87.0 Å². The van der Waals surface area contributed by atoms with E-state index >= 15 is 0 Å². The zero-order valence-corrected chi connectivity index (χ0v) is 9.21. The summed E-state index contributed by atoms with van der Waals surface area (Å²) in [5.74, 6) is 2.33. The van der Waals surface area contributed by atoms with E-state index in [4.69, 9.17) is 10.7 Å². The van der Waals surface area contributed by atoms with Crippen LogP contribution in [0.2, 0.25) is 0 Å². The Morgan fingerprint density at radius 3 is 2.36 bits per heavy atom. The third-order valence-corrected chi connectivity index (χ3v) is 3.90. The summed E-state index contributed by atoms with van der Waals surface area (Å²) in [4.78, 5) is 4.73. The van der Waals surface area contributed by atoms with Crippen molar-refractivity contribution in [1.82, 2.24) is 0 Å². The monoisotopic (exact) mass is 194 g/mol. The molecule has 2 aliphatic carbocycles. The van der Waals surface area contributed by atoms with E-state index in [0.29, 0.717) is 12.0 Å². The van der Waals surface area contributed by atoms with Gasteiger partial charge in [-0.1, -0.05) is 26.2 Å². The molecule has 2 fully saturated rings. The summed E-state index contributed by atoms with van der Waals surface area (Å²) >= 11 is 0. The zero-order valence-electron chi connectivity index (χ0n) is 9.21. The average molecular weight is 194 g/mol. The van der Waals surface area contributed by atoms with Crippen LogP contribution in [-0.2, 0) is 0 Å². The highest BCUT2D eigenvalue weighted by molar-refractivity contribution is 5.83. The maximum atomic E-state index is 6.07. The molecule has 2 aliphatic rings. The molecule has 80 valence electrons. The Balaban J connectivity index is 1.94. The van der Waals surface area contributed by atoms with Crippen LogP contribution in [-0.4, -0.2) is 11.9 Å². The molecule has 14 heavy (non-hydrogen) atoms. The van der Waals surface area contributed by atoms with Crippen molar-refractivity contribution in [3.63, 3.8) is 0 Å². The molecule has 0 aromatic rings. The van der Waals surface area contributed by atoms with Crippen molar-refractivity contribution in [2.45, 2.75) is 57.9 Å². The summed E-state index contributed by atoms with van der Waals surface area (Å²) in [6.07, 6.45) is 9.18. The molecule has 2 rings (SSSR count). The van der Waals surface area contributed by atoms with Crippen LogP contribution in [0, 0.1) is 11.8 Å². The lowest BCUT2D eigenvalue weighted by atomic mass is 10.0. The molecule has 0 aromatic carbocycles. The number of hydrogen-bond donors (Lipinski definition) is 1. The molecule has 2 N–H and O–H groups in total. The quantitative estimate of drug-likeness (QED) is 0.532. The number of nitrogens with two attached hydrogens (primary N) is 1. The Kier molecular flexibility index (Phi) is 3.09. The second-order valence-corrected chi connectivity index (χ2v) is 5.01. The van der Waals surface area contributed by atoms with Crippen molar-refractivity contribution in [2.24, 2.45) is 22.6 Å². The van der Waals surface area contributed by atoms with Crippen LogP contribution >= 0.6 is 0 Å². The first kappa shape index (κ1) is 10.0. The van der Waals surface area contributed by atoms with Gasteiger partial charge in [-0.25, -0.2) is 0 Å². The van der Waals surface area contributed by atoms with Gasteiger partial charge in [-0.05, 0) is 31.6 Å². The van der Waals surface area contributed by atoms with E-state index < -0.39 is 0 Å². The molecule has 2 saturated carbocycles. The van der Waals surface area contributed by atoms with E-state index in [1.807, 2.05) is 0 Å². The van der Waals surface area contributed by atoms with Crippen LogP contribution in [0.15, 0.2) is 4.99 Å². The number of nitrogens with zero attached hydrogens (tertiary/aromatic N) is 1. The standard InChI is InChI=1S/C12H22N2/c1-9-5-4-8-11(9)14-12(13)10-6-2-3-7-10/h9-11H,2-8H2,1H3,(H2,13,14). The van der Waals surface area contributed by atoms with Gasteiger partial charge in [-0.3, -0.25) is 4.99 Å². The van der Waals surface area contributed by atoms with Crippen LogP contribution in [0.3, 0.4) is 0 Å². The fraction of sp³-hybridized carbons (Fsp3) is 0.917. The molecule has 0 heterocycles. The summed E-state index contributed by atoms with van der Waals surface area (Å²) in [7, 11) is 0. The average Bonchev–Trinajstić information content (AvgIpc) is 2.77. The molecular weight excluding hydrogens is 172 g/mol. The Hall–Kier alpha value is -0.530. The molecule has 0 amide bonds. The van der Waals surface area contributed by atoms with Gasteiger partial charge in [0.15, 0.2) is 0 Å². The molecule has 0 radical (unpaired) electrons. The fourth-order valence-electron chi connectivity index (χ4n) is 2.84. The molecular formula is C12H22N2. The second-order valence-electron chi connectivity index (χ2n) is 5.01. The predicted octanol–water partition coefficient (Wildman–Crippen LogP) is 2.72. The third kappa shape index (κ3) is 2.10. The fourth-order valence-corrected chi connectivity index (χ4v) is 2.84. The highest BCUT2D eigenvalue weighted by Crippen LogP contribution is 2.30. The normalized spacial score (nSPS) is 35.4. The topological polar surface area (TPSA) is 38.4 Å². The Morgan fingerprint density at radius 2 is 1.79 bits per heavy atom. The SMILES string of the molecule is CC1CCCC1N=C(N)C1CCCC1. The summed E-state index contributed by atoms with van der Waals surface area (Å²) < 4.78 is 0.